The first-order valence-corrected chi connectivity index (χ1v) is 8.05. The first-order chi connectivity index (χ1) is 11.4. The molecule has 2 rings (SSSR count). The molecule has 0 bridgehead atoms. The van der Waals surface area contributed by atoms with Crippen LogP contribution in [0.5, 0.6) is 5.75 Å². The Morgan fingerprint density at radius 2 is 2.00 bits per heavy atom. The van der Waals surface area contributed by atoms with Crippen molar-refractivity contribution in [1.82, 2.24) is 20.4 Å². The lowest BCUT2D eigenvalue weighted by atomic mass is 10.1. The van der Waals surface area contributed by atoms with Crippen molar-refractivity contribution in [3.05, 3.63) is 47.8 Å². The monoisotopic (exact) mass is 330 g/mol. The fourth-order valence-electron chi connectivity index (χ4n) is 2.14. The summed E-state index contributed by atoms with van der Waals surface area (Å²) >= 11 is 0. The number of nitrogens with one attached hydrogen (secondary N) is 2. The predicted octanol–water partition coefficient (Wildman–Crippen LogP) is 2.05. The van der Waals surface area contributed by atoms with Crippen molar-refractivity contribution in [2.45, 2.75) is 39.4 Å². The number of benzene rings is 1. The van der Waals surface area contributed by atoms with Gasteiger partial charge in [-0.2, -0.15) is 5.10 Å². The average Bonchev–Trinajstić information content (AvgIpc) is 3.02. The quantitative estimate of drug-likeness (QED) is 0.815. The molecular weight excluding hydrogens is 304 g/mol. The number of aromatic nitrogens is 2. The van der Waals surface area contributed by atoms with Crippen LogP contribution in [0.15, 0.2) is 36.7 Å². The van der Waals surface area contributed by atoms with Crippen LogP contribution in [0, 0.1) is 0 Å². The molecule has 1 aromatic carbocycles. The second-order valence-corrected chi connectivity index (χ2v) is 6.68. The molecular formula is C18H26N4O2. The first-order valence-electron chi connectivity index (χ1n) is 8.05. The molecule has 0 atom stereocenters. The number of likely N-dealkylation sites (N-methyl/N-ethyl adjacent to an activating group) is 1. The van der Waals surface area contributed by atoms with Crippen molar-refractivity contribution < 1.29 is 9.53 Å². The van der Waals surface area contributed by atoms with Gasteiger partial charge in [0.25, 0.3) is 5.91 Å². The van der Waals surface area contributed by atoms with Crippen LogP contribution in [0.1, 0.15) is 31.9 Å². The van der Waals surface area contributed by atoms with Crippen molar-refractivity contribution in [2.75, 3.05) is 13.7 Å². The molecule has 0 unspecified atom stereocenters. The molecule has 0 aliphatic rings. The Balaban J connectivity index is 1.84. The summed E-state index contributed by atoms with van der Waals surface area (Å²) in [4.78, 5) is 11.2. The van der Waals surface area contributed by atoms with Crippen LogP contribution in [0.2, 0.25) is 0 Å². The molecule has 1 heterocycles. The minimum absolute atomic E-state index is 0.00526. The van der Waals surface area contributed by atoms with E-state index in [1.165, 1.54) is 0 Å². The number of hydrogen-bond donors (Lipinski definition) is 2. The maximum absolute atomic E-state index is 11.2. The zero-order valence-corrected chi connectivity index (χ0v) is 14.8. The normalized spacial score (nSPS) is 11.3. The molecule has 0 radical (unpaired) electrons. The summed E-state index contributed by atoms with van der Waals surface area (Å²) in [5.41, 5.74) is 2.25. The van der Waals surface area contributed by atoms with Gasteiger partial charge in [0.1, 0.15) is 5.75 Å². The van der Waals surface area contributed by atoms with E-state index in [9.17, 15) is 4.79 Å². The van der Waals surface area contributed by atoms with Crippen molar-refractivity contribution in [1.29, 1.82) is 0 Å². The van der Waals surface area contributed by atoms with Gasteiger partial charge in [0.15, 0.2) is 6.61 Å². The van der Waals surface area contributed by atoms with Gasteiger partial charge in [0, 0.05) is 31.9 Å². The topological polar surface area (TPSA) is 68.2 Å². The molecule has 6 nitrogen and oxygen atoms in total. The Labute approximate surface area is 143 Å². The van der Waals surface area contributed by atoms with Crippen LogP contribution in [0.25, 0.3) is 0 Å². The smallest absolute Gasteiger partial charge is 0.257 e. The number of hydrogen-bond acceptors (Lipinski definition) is 4. The largest absolute Gasteiger partial charge is 0.484 e. The minimum atomic E-state index is -0.144. The van der Waals surface area contributed by atoms with Crippen LogP contribution in [0.4, 0.5) is 0 Å². The molecule has 0 aliphatic carbocycles. The lowest BCUT2D eigenvalue weighted by molar-refractivity contribution is -0.122. The third kappa shape index (κ3) is 5.38. The second kappa shape index (κ2) is 7.97. The van der Waals surface area contributed by atoms with E-state index in [0.717, 1.165) is 24.2 Å². The van der Waals surface area contributed by atoms with Crippen LogP contribution in [-0.4, -0.2) is 29.3 Å². The Hall–Kier alpha value is -2.34. The molecule has 0 saturated heterocycles. The van der Waals surface area contributed by atoms with Crippen molar-refractivity contribution >= 4 is 5.91 Å². The van der Waals surface area contributed by atoms with Gasteiger partial charge >= 0.3 is 0 Å². The van der Waals surface area contributed by atoms with E-state index in [2.05, 4.69) is 42.7 Å². The number of amides is 1. The number of rotatable bonds is 7. The first kappa shape index (κ1) is 18.0. The minimum Gasteiger partial charge on any atom is -0.484 e. The molecule has 0 fully saturated rings. The lowest BCUT2D eigenvalue weighted by Gasteiger charge is -2.18. The van der Waals surface area contributed by atoms with E-state index in [1.54, 1.807) is 7.05 Å². The Kier molecular flexibility index (Phi) is 5.98. The van der Waals surface area contributed by atoms with Crippen molar-refractivity contribution in [2.24, 2.45) is 0 Å². The lowest BCUT2D eigenvalue weighted by Crippen LogP contribution is -2.24. The molecule has 0 saturated carbocycles. The average molecular weight is 330 g/mol. The summed E-state index contributed by atoms with van der Waals surface area (Å²) in [7, 11) is 1.59. The van der Waals surface area contributed by atoms with Gasteiger partial charge in [-0.1, -0.05) is 12.1 Å². The van der Waals surface area contributed by atoms with E-state index >= 15 is 0 Å². The fraction of sp³-hybridized carbons (Fsp3) is 0.444. The van der Waals surface area contributed by atoms with Gasteiger partial charge in [-0.3, -0.25) is 9.48 Å². The van der Waals surface area contributed by atoms with Gasteiger partial charge in [-0.25, -0.2) is 0 Å². The third-order valence-corrected chi connectivity index (χ3v) is 3.53. The highest BCUT2D eigenvalue weighted by molar-refractivity contribution is 5.77. The van der Waals surface area contributed by atoms with Gasteiger partial charge in [-0.05, 0) is 38.5 Å². The molecule has 1 amide bonds. The molecule has 0 spiro atoms. The summed E-state index contributed by atoms with van der Waals surface area (Å²) in [5.74, 6) is 0.549. The van der Waals surface area contributed by atoms with E-state index in [-0.39, 0.29) is 18.1 Å². The highest BCUT2D eigenvalue weighted by Crippen LogP contribution is 2.14. The number of nitrogens with zero attached hydrogens (tertiary/aromatic N) is 2. The summed E-state index contributed by atoms with van der Waals surface area (Å²) in [6.45, 7) is 7.88. The third-order valence-electron chi connectivity index (χ3n) is 3.53. The molecule has 0 aliphatic heterocycles. The maximum Gasteiger partial charge on any atom is 0.257 e. The molecule has 2 aromatic rings. The summed E-state index contributed by atoms with van der Waals surface area (Å²) in [5, 5.41) is 10.3. The number of carbonyl (C=O) groups excluding carboxylic acids is 1. The fourth-order valence-corrected chi connectivity index (χ4v) is 2.14. The second-order valence-electron chi connectivity index (χ2n) is 6.68. The molecule has 130 valence electrons. The highest BCUT2D eigenvalue weighted by Gasteiger charge is 2.13. The predicted molar refractivity (Wildman–Crippen MR) is 93.8 cm³/mol. The highest BCUT2D eigenvalue weighted by atomic mass is 16.5. The summed E-state index contributed by atoms with van der Waals surface area (Å²) in [6, 6.07) is 7.74. The summed E-state index contributed by atoms with van der Waals surface area (Å²) < 4.78 is 7.42. The van der Waals surface area contributed by atoms with Gasteiger partial charge in [0.2, 0.25) is 0 Å². The van der Waals surface area contributed by atoms with E-state index in [0.29, 0.717) is 5.75 Å². The van der Waals surface area contributed by atoms with Crippen LogP contribution in [0.3, 0.4) is 0 Å². The Morgan fingerprint density at radius 1 is 1.25 bits per heavy atom. The van der Waals surface area contributed by atoms with Crippen LogP contribution < -0.4 is 15.4 Å². The van der Waals surface area contributed by atoms with E-state index in [1.807, 2.05) is 35.1 Å². The summed E-state index contributed by atoms with van der Waals surface area (Å²) in [6.07, 6.45) is 3.96. The van der Waals surface area contributed by atoms with Crippen LogP contribution in [-0.2, 0) is 23.4 Å². The molecule has 24 heavy (non-hydrogen) atoms. The SMILES string of the molecule is CNC(=O)COc1cccc(CNCc2cnn(C(C)(C)C)c2)c1. The Bertz CT molecular complexity index is 674. The van der Waals surface area contributed by atoms with Gasteiger partial charge in [0.05, 0.1) is 11.7 Å². The van der Waals surface area contributed by atoms with E-state index in [4.69, 9.17) is 4.74 Å². The number of ether oxygens (including phenoxy) is 1. The molecule has 1 aromatic heterocycles. The van der Waals surface area contributed by atoms with Crippen LogP contribution >= 0.6 is 0 Å². The standard InChI is InChI=1S/C18H26N4O2/c1-18(2,3)22-12-15(11-21-22)10-20-9-14-6-5-7-16(8-14)24-13-17(23)19-4/h5-8,11-12,20H,9-10,13H2,1-4H3,(H,19,23). The maximum atomic E-state index is 11.2. The molecule has 6 heteroatoms. The Morgan fingerprint density at radius 3 is 2.67 bits per heavy atom. The van der Waals surface area contributed by atoms with Crippen molar-refractivity contribution in [3.8, 4) is 5.75 Å². The van der Waals surface area contributed by atoms with E-state index < -0.39 is 0 Å². The zero-order valence-electron chi connectivity index (χ0n) is 14.8. The van der Waals surface area contributed by atoms with Gasteiger partial charge < -0.3 is 15.4 Å². The zero-order chi connectivity index (χ0) is 17.6. The number of carbonyl (C=O) groups is 1. The van der Waals surface area contributed by atoms with Gasteiger partial charge in [-0.15, -0.1) is 0 Å². The van der Waals surface area contributed by atoms with Crippen molar-refractivity contribution in [3.63, 3.8) is 0 Å². The molecule has 2 N–H and O–H groups in total.